The summed E-state index contributed by atoms with van der Waals surface area (Å²) >= 11 is 0. The summed E-state index contributed by atoms with van der Waals surface area (Å²) in [7, 11) is 3.13. The average molecular weight is 461 g/mol. The van der Waals surface area contributed by atoms with Crippen LogP contribution in [0.3, 0.4) is 0 Å². The number of methoxy groups -OCH3 is 2. The Morgan fingerprint density at radius 2 is 1.85 bits per heavy atom. The lowest BCUT2D eigenvalue weighted by atomic mass is 9.75. The van der Waals surface area contributed by atoms with Gasteiger partial charge in [0, 0.05) is 18.7 Å². The molecule has 0 saturated carbocycles. The number of hydrogen-bond donors (Lipinski definition) is 1. The molecule has 34 heavy (non-hydrogen) atoms. The van der Waals surface area contributed by atoms with Gasteiger partial charge in [0.1, 0.15) is 0 Å². The molecule has 1 N–H and O–H groups in total. The van der Waals surface area contributed by atoms with Gasteiger partial charge in [-0.15, -0.1) is 0 Å². The van der Waals surface area contributed by atoms with Crippen LogP contribution < -0.4 is 14.8 Å². The van der Waals surface area contributed by atoms with Gasteiger partial charge < -0.3 is 19.7 Å². The molecule has 0 fully saturated rings. The second-order valence-electron chi connectivity index (χ2n) is 9.31. The van der Waals surface area contributed by atoms with Crippen molar-refractivity contribution in [3.8, 4) is 11.5 Å². The third-order valence-electron chi connectivity index (χ3n) is 7.44. The van der Waals surface area contributed by atoms with Gasteiger partial charge in [-0.2, -0.15) is 0 Å². The first kappa shape index (κ1) is 22.5. The van der Waals surface area contributed by atoms with E-state index in [0.717, 1.165) is 31.2 Å². The summed E-state index contributed by atoms with van der Waals surface area (Å²) in [5, 5.41) is 3.20. The van der Waals surface area contributed by atoms with E-state index in [1.165, 1.54) is 24.0 Å². The van der Waals surface area contributed by atoms with Gasteiger partial charge in [-0.1, -0.05) is 35.9 Å². The number of nitrogens with zero attached hydrogens (tertiary/aromatic N) is 1. The van der Waals surface area contributed by atoms with Gasteiger partial charge in [-0.3, -0.25) is 9.59 Å². The standard InChI is InChI=1S/C28H32N2O4/c1-33-23-16-21-22(17-24(23)34-2)28(32)30-15-13-19-10-6-7-11-20(19)26(30)25(21)27(31)29-14-12-18-8-4-3-5-9-18/h6-8,10-11,16-17,25-26H,3-5,9,12-15H2,1-2H3,(H,29,31)/t25-,26+/m1/s1. The van der Waals surface area contributed by atoms with Crippen LogP contribution in [-0.2, 0) is 11.2 Å². The lowest BCUT2D eigenvalue weighted by molar-refractivity contribution is -0.124. The lowest BCUT2D eigenvalue weighted by Gasteiger charge is -2.45. The molecule has 2 aliphatic heterocycles. The topological polar surface area (TPSA) is 67.9 Å². The Morgan fingerprint density at radius 3 is 2.62 bits per heavy atom. The van der Waals surface area contributed by atoms with E-state index in [-0.39, 0.29) is 17.9 Å². The minimum atomic E-state index is -0.519. The van der Waals surface area contributed by atoms with Crippen molar-refractivity contribution in [3.05, 3.63) is 70.3 Å². The van der Waals surface area contributed by atoms with E-state index in [2.05, 4.69) is 23.5 Å². The average Bonchev–Trinajstić information content (AvgIpc) is 2.88. The molecule has 2 aromatic carbocycles. The molecular formula is C28H32N2O4. The molecule has 1 aliphatic carbocycles. The molecule has 0 bridgehead atoms. The molecule has 0 spiro atoms. The van der Waals surface area contributed by atoms with E-state index in [4.69, 9.17) is 9.47 Å². The summed E-state index contributed by atoms with van der Waals surface area (Å²) in [4.78, 5) is 29.3. The van der Waals surface area contributed by atoms with Crippen LogP contribution in [0.25, 0.3) is 0 Å². The zero-order valence-corrected chi connectivity index (χ0v) is 19.9. The van der Waals surface area contributed by atoms with E-state index in [0.29, 0.717) is 35.7 Å². The fraction of sp³-hybridized carbons (Fsp3) is 0.429. The van der Waals surface area contributed by atoms with Crippen LogP contribution >= 0.6 is 0 Å². The van der Waals surface area contributed by atoms with Crippen LogP contribution in [0.5, 0.6) is 11.5 Å². The zero-order chi connectivity index (χ0) is 23.7. The highest BCUT2D eigenvalue weighted by atomic mass is 16.5. The van der Waals surface area contributed by atoms with Crippen molar-refractivity contribution in [1.82, 2.24) is 10.2 Å². The second-order valence-corrected chi connectivity index (χ2v) is 9.31. The van der Waals surface area contributed by atoms with E-state index in [1.807, 2.05) is 23.1 Å². The summed E-state index contributed by atoms with van der Waals surface area (Å²) in [6.45, 7) is 1.19. The predicted molar refractivity (Wildman–Crippen MR) is 130 cm³/mol. The Bertz CT molecular complexity index is 1140. The van der Waals surface area contributed by atoms with Crippen LogP contribution in [-0.4, -0.2) is 44.0 Å². The van der Waals surface area contributed by atoms with Crippen LogP contribution in [0.1, 0.15) is 71.1 Å². The molecule has 2 amide bonds. The quantitative estimate of drug-likeness (QED) is 0.643. The number of fused-ring (bicyclic) bond motifs is 4. The van der Waals surface area contributed by atoms with E-state index < -0.39 is 5.92 Å². The smallest absolute Gasteiger partial charge is 0.254 e. The number of ether oxygens (including phenoxy) is 2. The Labute approximate surface area is 200 Å². The van der Waals surface area contributed by atoms with Crippen LogP contribution in [0.2, 0.25) is 0 Å². The maximum absolute atomic E-state index is 13.8. The monoisotopic (exact) mass is 460 g/mol. The molecule has 0 radical (unpaired) electrons. The molecule has 2 aromatic rings. The molecule has 178 valence electrons. The van der Waals surface area contributed by atoms with Crippen molar-refractivity contribution in [3.63, 3.8) is 0 Å². The third kappa shape index (κ3) is 3.95. The summed E-state index contributed by atoms with van der Waals surface area (Å²) in [6, 6.07) is 11.4. The number of hydrogen-bond acceptors (Lipinski definition) is 4. The molecule has 3 aliphatic rings. The third-order valence-corrected chi connectivity index (χ3v) is 7.44. The molecular weight excluding hydrogens is 428 g/mol. The highest BCUT2D eigenvalue weighted by molar-refractivity contribution is 6.02. The second kappa shape index (κ2) is 9.53. The minimum Gasteiger partial charge on any atom is -0.493 e. The van der Waals surface area contributed by atoms with Gasteiger partial charge >= 0.3 is 0 Å². The highest BCUT2D eigenvalue weighted by Crippen LogP contribution is 2.48. The van der Waals surface area contributed by atoms with Gasteiger partial charge in [-0.05, 0) is 67.3 Å². The van der Waals surface area contributed by atoms with Crippen molar-refractivity contribution in [2.75, 3.05) is 27.3 Å². The molecule has 5 rings (SSSR count). The first-order valence-electron chi connectivity index (χ1n) is 12.2. The van der Waals surface area contributed by atoms with Crippen molar-refractivity contribution >= 4 is 11.8 Å². The van der Waals surface area contributed by atoms with Gasteiger partial charge in [-0.25, -0.2) is 0 Å². The van der Waals surface area contributed by atoms with E-state index in [1.54, 1.807) is 20.3 Å². The maximum atomic E-state index is 13.8. The molecule has 2 atom stereocenters. The molecule has 6 heteroatoms. The summed E-state index contributed by atoms with van der Waals surface area (Å²) < 4.78 is 11.0. The first-order valence-corrected chi connectivity index (χ1v) is 12.2. The number of amides is 2. The van der Waals surface area contributed by atoms with Crippen LogP contribution in [0, 0.1) is 0 Å². The Morgan fingerprint density at radius 1 is 1.06 bits per heavy atom. The minimum absolute atomic E-state index is 0.0518. The normalized spacial score (nSPS) is 21.1. The fourth-order valence-corrected chi connectivity index (χ4v) is 5.72. The first-order chi connectivity index (χ1) is 16.6. The van der Waals surface area contributed by atoms with E-state index >= 15 is 0 Å². The Kier molecular flexibility index (Phi) is 6.31. The van der Waals surface area contributed by atoms with Crippen molar-refractivity contribution in [2.45, 2.75) is 50.5 Å². The number of rotatable bonds is 6. The molecule has 6 nitrogen and oxygen atoms in total. The maximum Gasteiger partial charge on any atom is 0.254 e. The summed E-state index contributed by atoms with van der Waals surface area (Å²) in [5.74, 6) is 0.385. The number of carbonyl (C=O) groups is 2. The summed E-state index contributed by atoms with van der Waals surface area (Å²) in [5.41, 5.74) is 4.91. The van der Waals surface area contributed by atoms with Crippen LogP contribution in [0.15, 0.2) is 48.0 Å². The van der Waals surface area contributed by atoms with Crippen molar-refractivity contribution in [2.24, 2.45) is 0 Å². The lowest BCUT2D eigenvalue weighted by Crippen LogP contribution is -2.50. The summed E-state index contributed by atoms with van der Waals surface area (Å²) in [6.07, 6.45) is 8.72. The number of carbonyl (C=O) groups excluding carboxylic acids is 2. The fourth-order valence-electron chi connectivity index (χ4n) is 5.72. The highest BCUT2D eigenvalue weighted by Gasteiger charge is 2.46. The molecule has 2 heterocycles. The number of benzene rings is 2. The molecule has 0 unspecified atom stereocenters. The Balaban J connectivity index is 1.53. The van der Waals surface area contributed by atoms with Crippen molar-refractivity contribution < 1.29 is 19.1 Å². The number of nitrogens with one attached hydrogen (secondary N) is 1. The van der Waals surface area contributed by atoms with Crippen molar-refractivity contribution in [1.29, 1.82) is 0 Å². The van der Waals surface area contributed by atoms with Gasteiger partial charge in [0.2, 0.25) is 5.91 Å². The number of allylic oxidation sites excluding steroid dienone is 1. The van der Waals surface area contributed by atoms with Crippen LogP contribution in [0.4, 0.5) is 0 Å². The van der Waals surface area contributed by atoms with E-state index in [9.17, 15) is 9.59 Å². The Hall–Kier alpha value is -3.28. The van der Waals surface area contributed by atoms with Gasteiger partial charge in [0.05, 0.1) is 26.2 Å². The SMILES string of the molecule is COc1cc2c(cc1OC)[C@@H](C(=O)NCCC1=CCCCC1)[C@@H]1c3ccccc3CCN1C2=O. The van der Waals surface area contributed by atoms with Gasteiger partial charge in [0.15, 0.2) is 11.5 Å². The molecule has 0 saturated heterocycles. The zero-order valence-electron chi connectivity index (χ0n) is 19.9. The largest absolute Gasteiger partial charge is 0.493 e. The molecule has 0 aromatic heterocycles. The predicted octanol–water partition coefficient (Wildman–Crippen LogP) is 4.55. The van der Waals surface area contributed by atoms with Gasteiger partial charge in [0.25, 0.3) is 5.91 Å².